The lowest BCUT2D eigenvalue weighted by Crippen LogP contribution is -2.28. The monoisotopic (exact) mass is 346 g/mol. The Morgan fingerprint density at radius 2 is 1.88 bits per heavy atom. The molecule has 6 heteroatoms. The zero-order valence-electron chi connectivity index (χ0n) is 14.7. The number of carbonyl (C=O) groups excluding carboxylic acids is 2. The highest BCUT2D eigenvalue weighted by molar-refractivity contribution is 5.82. The predicted molar refractivity (Wildman–Crippen MR) is 94.8 cm³/mol. The number of hydrogen-bond donors (Lipinski definition) is 1. The summed E-state index contributed by atoms with van der Waals surface area (Å²) in [5.74, 6) is -0.337. The van der Waals surface area contributed by atoms with Crippen molar-refractivity contribution in [1.82, 2.24) is 10.2 Å². The van der Waals surface area contributed by atoms with Gasteiger partial charge in [-0.05, 0) is 25.3 Å². The molecule has 1 heterocycles. The van der Waals surface area contributed by atoms with Crippen molar-refractivity contribution in [3.8, 4) is 0 Å². The van der Waals surface area contributed by atoms with E-state index in [1.807, 2.05) is 30.3 Å². The third kappa shape index (κ3) is 6.87. The molecule has 1 aromatic rings. The van der Waals surface area contributed by atoms with E-state index in [0.29, 0.717) is 19.6 Å². The van der Waals surface area contributed by atoms with E-state index in [1.165, 1.54) is 6.08 Å². The van der Waals surface area contributed by atoms with Gasteiger partial charge < -0.3 is 19.7 Å². The highest BCUT2D eigenvalue weighted by atomic mass is 16.5. The molecule has 0 aliphatic carbocycles. The molecule has 0 bridgehead atoms. The van der Waals surface area contributed by atoms with Crippen LogP contribution in [0.25, 0.3) is 0 Å². The van der Waals surface area contributed by atoms with E-state index in [0.717, 1.165) is 37.2 Å². The largest absolute Gasteiger partial charge is 0.463 e. The summed E-state index contributed by atoms with van der Waals surface area (Å²) in [7, 11) is 0. The molecule has 0 aromatic heterocycles. The summed E-state index contributed by atoms with van der Waals surface area (Å²) in [6.07, 6.45) is 3.88. The molecule has 1 aliphatic rings. The van der Waals surface area contributed by atoms with Gasteiger partial charge in [0.25, 0.3) is 0 Å². The Morgan fingerprint density at radius 3 is 2.56 bits per heavy atom. The van der Waals surface area contributed by atoms with Crippen LogP contribution >= 0.6 is 0 Å². The molecule has 0 radical (unpaired) electrons. The lowest BCUT2D eigenvalue weighted by Gasteiger charge is -2.21. The summed E-state index contributed by atoms with van der Waals surface area (Å²) in [6, 6.07) is 9.53. The SMILES string of the molecule is CCOC(=O)/C=C(/CCNC(=O)OCc1ccccc1)N1CCCC1. The Bertz CT molecular complexity index is 580. The minimum Gasteiger partial charge on any atom is -0.463 e. The number of alkyl carbamates (subject to hydrolysis) is 1. The summed E-state index contributed by atoms with van der Waals surface area (Å²) in [6.45, 7) is 4.66. The van der Waals surface area contributed by atoms with E-state index in [-0.39, 0.29) is 12.6 Å². The van der Waals surface area contributed by atoms with E-state index in [4.69, 9.17) is 9.47 Å². The number of nitrogens with one attached hydrogen (secondary N) is 1. The van der Waals surface area contributed by atoms with Crippen LogP contribution in [-0.4, -0.2) is 43.2 Å². The fourth-order valence-electron chi connectivity index (χ4n) is 2.71. The van der Waals surface area contributed by atoms with E-state index in [1.54, 1.807) is 6.92 Å². The first-order chi connectivity index (χ1) is 12.2. The number of carbonyl (C=O) groups is 2. The first-order valence-electron chi connectivity index (χ1n) is 8.76. The molecular weight excluding hydrogens is 320 g/mol. The molecule has 25 heavy (non-hydrogen) atoms. The fourth-order valence-corrected chi connectivity index (χ4v) is 2.71. The van der Waals surface area contributed by atoms with Crippen LogP contribution in [0.4, 0.5) is 4.79 Å². The molecule has 2 rings (SSSR count). The molecule has 1 fully saturated rings. The van der Waals surface area contributed by atoms with Gasteiger partial charge in [0.1, 0.15) is 6.61 Å². The van der Waals surface area contributed by atoms with Crippen LogP contribution in [0.1, 0.15) is 31.7 Å². The predicted octanol–water partition coefficient (Wildman–Crippen LogP) is 2.85. The molecule has 0 saturated carbocycles. The fraction of sp³-hybridized carbons (Fsp3) is 0.474. The van der Waals surface area contributed by atoms with Gasteiger partial charge in [0.05, 0.1) is 6.61 Å². The van der Waals surface area contributed by atoms with Gasteiger partial charge in [-0.1, -0.05) is 30.3 Å². The molecule has 0 atom stereocenters. The minimum absolute atomic E-state index is 0.240. The van der Waals surface area contributed by atoms with Crippen molar-refractivity contribution in [3.05, 3.63) is 47.7 Å². The van der Waals surface area contributed by atoms with Gasteiger partial charge in [0.2, 0.25) is 0 Å². The number of amides is 1. The van der Waals surface area contributed by atoms with E-state index >= 15 is 0 Å². The Labute approximate surface area is 148 Å². The second kappa shape index (κ2) is 10.4. The van der Waals surface area contributed by atoms with Crippen molar-refractivity contribution in [1.29, 1.82) is 0 Å². The zero-order valence-corrected chi connectivity index (χ0v) is 14.7. The Hall–Kier alpha value is -2.50. The Balaban J connectivity index is 1.77. The molecule has 1 amide bonds. The van der Waals surface area contributed by atoms with Crippen LogP contribution in [0, 0.1) is 0 Å². The van der Waals surface area contributed by atoms with Gasteiger partial charge in [-0.25, -0.2) is 9.59 Å². The van der Waals surface area contributed by atoms with Crippen molar-refractivity contribution >= 4 is 12.1 Å². The first-order valence-corrected chi connectivity index (χ1v) is 8.76. The van der Waals surface area contributed by atoms with Gasteiger partial charge in [0.15, 0.2) is 0 Å². The third-order valence-corrected chi connectivity index (χ3v) is 3.95. The lowest BCUT2D eigenvalue weighted by atomic mass is 10.2. The second-order valence-corrected chi connectivity index (χ2v) is 5.82. The molecule has 1 saturated heterocycles. The lowest BCUT2D eigenvalue weighted by molar-refractivity contribution is -0.137. The van der Waals surface area contributed by atoms with Crippen molar-refractivity contribution in [2.45, 2.75) is 32.8 Å². The number of esters is 1. The van der Waals surface area contributed by atoms with Crippen molar-refractivity contribution in [2.24, 2.45) is 0 Å². The van der Waals surface area contributed by atoms with Crippen molar-refractivity contribution in [2.75, 3.05) is 26.2 Å². The van der Waals surface area contributed by atoms with Crippen molar-refractivity contribution < 1.29 is 19.1 Å². The molecule has 0 unspecified atom stereocenters. The van der Waals surface area contributed by atoms with Gasteiger partial charge in [-0.2, -0.15) is 0 Å². The highest BCUT2D eigenvalue weighted by Crippen LogP contribution is 2.17. The number of rotatable bonds is 8. The van der Waals surface area contributed by atoms with E-state index in [2.05, 4.69) is 10.2 Å². The van der Waals surface area contributed by atoms with Crippen LogP contribution in [0.2, 0.25) is 0 Å². The summed E-state index contributed by atoms with van der Waals surface area (Å²) in [5.41, 5.74) is 1.84. The first kappa shape index (κ1) is 18.8. The normalized spacial score (nSPS) is 14.3. The Morgan fingerprint density at radius 1 is 1.16 bits per heavy atom. The van der Waals surface area contributed by atoms with Crippen LogP contribution in [0.3, 0.4) is 0 Å². The maximum Gasteiger partial charge on any atom is 0.407 e. The van der Waals surface area contributed by atoms with Crippen LogP contribution in [0.15, 0.2) is 42.1 Å². The quantitative estimate of drug-likeness (QED) is 0.579. The Kier molecular flexibility index (Phi) is 7.82. The number of likely N-dealkylation sites (tertiary alicyclic amines) is 1. The van der Waals surface area contributed by atoms with Gasteiger partial charge in [0, 0.05) is 37.8 Å². The summed E-state index contributed by atoms with van der Waals surface area (Å²) in [5, 5.41) is 2.73. The topological polar surface area (TPSA) is 67.9 Å². The van der Waals surface area contributed by atoms with Crippen LogP contribution in [-0.2, 0) is 20.9 Å². The summed E-state index contributed by atoms with van der Waals surface area (Å²) < 4.78 is 10.2. The molecule has 0 spiro atoms. The van der Waals surface area contributed by atoms with Crippen molar-refractivity contribution in [3.63, 3.8) is 0 Å². The summed E-state index contributed by atoms with van der Waals surface area (Å²) >= 11 is 0. The van der Waals surface area contributed by atoms with Gasteiger partial charge >= 0.3 is 12.1 Å². The van der Waals surface area contributed by atoms with E-state index in [9.17, 15) is 9.59 Å². The van der Waals surface area contributed by atoms with Gasteiger partial charge in [-0.3, -0.25) is 0 Å². The molecule has 1 aromatic carbocycles. The van der Waals surface area contributed by atoms with E-state index < -0.39 is 6.09 Å². The zero-order chi connectivity index (χ0) is 17.9. The minimum atomic E-state index is -0.458. The second-order valence-electron chi connectivity index (χ2n) is 5.82. The average molecular weight is 346 g/mol. The molecule has 1 N–H and O–H groups in total. The van der Waals surface area contributed by atoms with Gasteiger partial charge in [-0.15, -0.1) is 0 Å². The average Bonchev–Trinajstić information content (AvgIpc) is 3.15. The number of benzene rings is 1. The molecule has 1 aliphatic heterocycles. The maximum absolute atomic E-state index is 11.8. The standard InChI is InChI=1S/C19H26N2O4/c1-2-24-18(22)14-17(21-12-6-7-13-21)10-11-20-19(23)25-15-16-8-4-3-5-9-16/h3-5,8-9,14H,2,6-7,10-13,15H2,1H3,(H,20,23)/b17-14-. The summed E-state index contributed by atoms with van der Waals surface area (Å²) in [4.78, 5) is 25.7. The molecular formula is C19H26N2O4. The highest BCUT2D eigenvalue weighted by Gasteiger charge is 2.16. The smallest absolute Gasteiger partial charge is 0.407 e. The van der Waals surface area contributed by atoms with Crippen LogP contribution in [0.5, 0.6) is 0 Å². The number of ether oxygens (including phenoxy) is 2. The number of nitrogens with zero attached hydrogens (tertiary/aromatic N) is 1. The molecule has 6 nitrogen and oxygen atoms in total. The number of hydrogen-bond acceptors (Lipinski definition) is 5. The maximum atomic E-state index is 11.8. The third-order valence-electron chi connectivity index (χ3n) is 3.95. The molecule has 136 valence electrons. The van der Waals surface area contributed by atoms with Crippen LogP contribution < -0.4 is 5.32 Å².